The molecule has 0 N–H and O–H groups in total. The number of carbonyl (C=O) groups excluding carboxylic acids is 2. The van der Waals surface area contributed by atoms with E-state index in [1.165, 1.54) is 14.2 Å². The zero-order valence-corrected chi connectivity index (χ0v) is 10.4. The summed E-state index contributed by atoms with van der Waals surface area (Å²) in [6, 6.07) is 0. The molecule has 1 atom stereocenters. The first-order valence-electron chi connectivity index (χ1n) is 5.33. The zero-order chi connectivity index (χ0) is 12.6. The van der Waals surface area contributed by atoms with E-state index in [1.807, 2.05) is 13.0 Å². The molecule has 1 unspecified atom stereocenters. The highest BCUT2D eigenvalue weighted by Gasteiger charge is 2.08. The summed E-state index contributed by atoms with van der Waals surface area (Å²) in [5.74, 6) is -0.240. The molecule has 4 heteroatoms. The Bertz CT molecular complexity index is 268. The molecule has 0 fully saturated rings. The first-order chi connectivity index (χ1) is 7.51. The van der Waals surface area contributed by atoms with Gasteiger partial charge in [0.25, 0.3) is 0 Å². The molecule has 0 heterocycles. The molecule has 0 aliphatic rings. The fourth-order valence-corrected chi connectivity index (χ4v) is 1.30. The van der Waals surface area contributed by atoms with Crippen molar-refractivity contribution in [1.82, 2.24) is 0 Å². The van der Waals surface area contributed by atoms with Crippen molar-refractivity contribution in [2.75, 3.05) is 14.2 Å². The molecule has 0 saturated carbocycles. The van der Waals surface area contributed by atoms with Gasteiger partial charge in [-0.25, -0.2) is 4.79 Å². The Kier molecular flexibility index (Phi) is 7.25. The number of ether oxygens (including phenoxy) is 2. The molecule has 0 radical (unpaired) electrons. The van der Waals surface area contributed by atoms with E-state index < -0.39 is 0 Å². The van der Waals surface area contributed by atoms with E-state index in [4.69, 9.17) is 0 Å². The third-order valence-corrected chi connectivity index (χ3v) is 2.36. The maximum atomic E-state index is 11.0. The lowest BCUT2D eigenvalue weighted by atomic mass is 10.0. The summed E-state index contributed by atoms with van der Waals surface area (Å²) in [7, 11) is 2.75. The molecule has 0 aliphatic heterocycles. The average molecular weight is 228 g/mol. The molecule has 0 aliphatic carbocycles. The lowest BCUT2D eigenvalue weighted by Gasteiger charge is -2.07. The maximum absolute atomic E-state index is 11.0. The van der Waals surface area contributed by atoms with Crippen LogP contribution in [0.4, 0.5) is 0 Å². The predicted octanol–water partition coefficient (Wildman–Crippen LogP) is 2.09. The lowest BCUT2D eigenvalue weighted by molar-refractivity contribution is -0.141. The van der Waals surface area contributed by atoms with E-state index >= 15 is 0 Å². The van der Waals surface area contributed by atoms with E-state index in [9.17, 15) is 9.59 Å². The van der Waals surface area contributed by atoms with Crippen LogP contribution < -0.4 is 0 Å². The summed E-state index contributed by atoms with van der Waals surface area (Å²) >= 11 is 0. The van der Waals surface area contributed by atoms with Gasteiger partial charge in [-0.3, -0.25) is 4.79 Å². The Morgan fingerprint density at radius 1 is 1.25 bits per heavy atom. The minimum absolute atomic E-state index is 0.193. The van der Waals surface area contributed by atoms with Gasteiger partial charge in [-0.15, -0.1) is 0 Å². The van der Waals surface area contributed by atoms with E-state index in [1.54, 1.807) is 6.92 Å². The largest absolute Gasteiger partial charge is 0.469 e. The van der Waals surface area contributed by atoms with Crippen LogP contribution in [0.25, 0.3) is 0 Å². The minimum atomic E-state index is -0.305. The van der Waals surface area contributed by atoms with Crippen LogP contribution in [0.3, 0.4) is 0 Å². The number of hydrogen-bond acceptors (Lipinski definition) is 4. The highest BCUT2D eigenvalue weighted by atomic mass is 16.5. The van der Waals surface area contributed by atoms with Crippen molar-refractivity contribution in [2.24, 2.45) is 5.92 Å². The summed E-state index contributed by atoms with van der Waals surface area (Å²) < 4.78 is 9.15. The molecule has 4 nitrogen and oxygen atoms in total. The van der Waals surface area contributed by atoms with Gasteiger partial charge >= 0.3 is 11.9 Å². The van der Waals surface area contributed by atoms with Crippen LogP contribution in [-0.2, 0) is 19.1 Å². The van der Waals surface area contributed by atoms with Crippen LogP contribution in [0.1, 0.15) is 33.1 Å². The monoisotopic (exact) mass is 228 g/mol. The molecule has 0 aromatic carbocycles. The normalized spacial score (nSPS) is 13.1. The summed E-state index contributed by atoms with van der Waals surface area (Å²) in [5, 5.41) is 0. The average Bonchev–Trinajstić information content (AvgIpc) is 2.27. The maximum Gasteiger partial charge on any atom is 0.333 e. The van der Waals surface area contributed by atoms with Crippen LogP contribution in [-0.4, -0.2) is 26.2 Å². The Labute approximate surface area is 96.6 Å². The predicted molar refractivity (Wildman–Crippen MR) is 60.8 cm³/mol. The second-order valence-electron chi connectivity index (χ2n) is 3.84. The third-order valence-electron chi connectivity index (χ3n) is 2.36. The molecule has 0 aromatic heterocycles. The summed E-state index contributed by atoms with van der Waals surface area (Å²) in [6.45, 7) is 3.70. The minimum Gasteiger partial charge on any atom is -0.469 e. The summed E-state index contributed by atoms with van der Waals surface area (Å²) in [4.78, 5) is 22.0. The second-order valence-corrected chi connectivity index (χ2v) is 3.84. The van der Waals surface area contributed by atoms with Crippen LogP contribution in [0.15, 0.2) is 11.6 Å². The molecule has 0 aromatic rings. The van der Waals surface area contributed by atoms with Gasteiger partial charge in [-0.2, -0.15) is 0 Å². The highest BCUT2D eigenvalue weighted by molar-refractivity contribution is 5.87. The number of allylic oxidation sites excluding steroid dienone is 1. The van der Waals surface area contributed by atoms with Crippen LogP contribution in [0.2, 0.25) is 0 Å². The highest BCUT2D eigenvalue weighted by Crippen LogP contribution is 2.12. The molecule has 16 heavy (non-hydrogen) atoms. The first kappa shape index (κ1) is 14.7. The number of carbonyl (C=O) groups is 2. The Morgan fingerprint density at radius 3 is 2.38 bits per heavy atom. The van der Waals surface area contributed by atoms with Crippen molar-refractivity contribution in [1.29, 1.82) is 0 Å². The molecule has 0 bridgehead atoms. The van der Waals surface area contributed by atoms with Crippen molar-refractivity contribution in [3.63, 3.8) is 0 Å². The molecule has 0 amide bonds. The standard InChI is InChI=1S/C12H20O4/c1-9(8-11(13)15-3)6-5-7-10(2)12(14)16-4/h7,9H,5-6,8H2,1-4H3. The first-order valence-corrected chi connectivity index (χ1v) is 5.33. The third kappa shape index (κ3) is 6.22. The van der Waals surface area contributed by atoms with E-state index in [-0.39, 0.29) is 17.9 Å². The number of rotatable bonds is 6. The fraction of sp³-hybridized carbons (Fsp3) is 0.667. The summed E-state index contributed by atoms with van der Waals surface area (Å²) in [6.07, 6.45) is 3.86. The SMILES string of the molecule is COC(=O)CC(C)CCC=C(C)C(=O)OC. The topological polar surface area (TPSA) is 52.6 Å². The van der Waals surface area contributed by atoms with E-state index in [0.717, 1.165) is 12.8 Å². The van der Waals surface area contributed by atoms with Crippen molar-refractivity contribution in [3.05, 3.63) is 11.6 Å². The second kappa shape index (κ2) is 7.91. The van der Waals surface area contributed by atoms with E-state index in [2.05, 4.69) is 9.47 Å². The number of esters is 2. The van der Waals surface area contributed by atoms with Crippen molar-refractivity contribution in [2.45, 2.75) is 33.1 Å². The molecular weight excluding hydrogens is 208 g/mol. The van der Waals surface area contributed by atoms with Crippen LogP contribution >= 0.6 is 0 Å². The van der Waals surface area contributed by atoms with Crippen LogP contribution in [0, 0.1) is 5.92 Å². The molecule has 0 rings (SSSR count). The van der Waals surface area contributed by atoms with Gasteiger partial charge in [0.1, 0.15) is 0 Å². The Hall–Kier alpha value is -1.32. The molecular formula is C12H20O4. The van der Waals surface area contributed by atoms with Gasteiger partial charge < -0.3 is 9.47 Å². The zero-order valence-electron chi connectivity index (χ0n) is 10.4. The fourth-order valence-electron chi connectivity index (χ4n) is 1.30. The van der Waals surface area contributed by atoms with Gasteiger partial charge in [0.05, 0.1) is 14.2 Å². The lowest BCUT2D eigenvalue weighted by Crippen LogP contribution is -2.07. The Balaban J connectivity index is 3.88. The van der Waals surface area contributed by atoms with E-state index in [0.29, 0.717) is 12.0 Å². The van der Waals surface area contributed by atoms with Gasteiger partial charge in [0, 0.05) is 12.0 Å². The smallest absolute Gasteiger partial charge is 0.333 e. The number of methoxy groups -OCH3 is 2. The van der Waals surface area contributed by atoms with Crippen molar-refractivity contribution < 1.29 is 19.1 Å². The van der Waals surface area contributed by atoms with Gasteiger partial charge in [0.15, 0.2) is 0 Å². The van der Waals surface area contributed by atoms with Crippen molar-refractivity contribution >= 4 is 11.9 Å². The van der Waals surface area contributed by atoms with Gasteiger partial charge in [0.2, 0.25) is 0 Å². The molecule has 0 saturated heterocycles. The molecule has 0 spiro atoms. The number of hydrogen-bond donors (Lipinski definition) is 0. The quantitative estimate of drug-likeness (QED) is 0.516. The van der Waals surface area contributed by atoms with Gasteiger partial charge in [-0.1, -0.05) is 13.0 Å². The summed E-state index contributed by atoms with van der Waals surface area (Å²) in [5.41, 5.74) is 0.604. The van der Waals surface area contributed by atoms with Crippen LogP contribution in [0.5, 0.6) is 0 Å². The Morgan fingerprint density at radius 2 is 1.88 bits per heavy atom. The van der Waals surface area contributed by atoms with Crippen molar-refractivity contribution in [3.8, 4) is 0 Å². The van der Waals surface area contributed by atoms with Gasteiger partial charge in [-0.05, 0) is 25.7 Å². The molecule has 92 valence electrons.